The van der Waals surface area contributed by atoms with Crippen LogP contribution >= 0.6 is 0 Å². The Kier molecular flexibility index (Phi) is 6.39. The van der Waals surface area contributed by atoms with Gasteiger partial charge in [0.2, 0.25) is 6.29 Å². The van der Waals surface area contributed by atoms with E-state index in [-0.39, 0.29) is 11.6 Å². The lowest BCUT2D eigenvalue weighted by Crippen LogP contribution is -2.60. The molecule has 0 radical (unpaired) electrons. The molecule has 138 valence electrons. The minimum absolute atomic E-state index is 0.102. The first-order valence-corrected chi connectivity index (χ1v) is 11.4. The molecule has 0 spiro atoms. The van der Waals surface area contributed by atoms with E-state index < -0.39 is 49.4 Å². The van der Waals surface area contributed by atoms with Crippen molar-refractivity contribution in [1.29, 1.82) is 0 Å². The molecule has 0 aromatic carbocycles. The summed E-state index contributed by atoms with van der Waals surface area (Å²) in [5, 5.41) is 29.3. The highest BCUT2D eigenvalue weighted by atomic mass is 32.3. The second kappa shape index (κ2) is 7.02. The number of hydrogen-bond donors (Lipinski definition) is 4. The molecule has 0 aliphatic carbocycles. The molecule has 5 atom stereocenters. The zero-order chi connectivity index (χ0) is 18.2. The summed E-state index contributed by atoms with van der Waals surface area (Å²) < 4.78 is 45.4. The monoisotopic (exact) mass is 374 g/mol. The van der Waals surface area contributed by atoms with Gasteiger partial charge in [-0.1, -0.05) is 20.8 Å². The van der Waals surface area contributed by atoms with Crippen LogP contribution in [0.5, 0.6) is 0 Å². The predicted molar refractivity (Wildman–Crippen MR) is 82.5 cm³/mol. The smallest absolute Gasteiger partial charge is 0.399 e. The van der Waals surface area contributed by atoms with E-state index in [2.05, 4.69) is 4.18 Å². The van der Waals surface area contributed by atoms with E-state index in [0.29, 0.717) is 0 Å². The van der Waals surface area contributed by atoms with Crippen molar-refractivity contribution in [3.63, 3.8) is 0 Å². The van der Waals surface area contributed by atoms with E-state index in [1.165, 1.54) is 0 Å². The molecule has 4 N–H and O–H groups in total. The summed E-state index contributed by atoms with van der Waals surface area (Å²) in [5.41, 5.74) is 0. The van der Waals surface area contributed by atoms with Crippen LogP contribution in [0, 0.1) is 0 Å². The Balaban J connectivity index is 2.81. The van der Waals surface area contributed by atoms with Gasteiger partial charge in [-0.05, 0) is 18.1 Å². The Morgan fingerprint density at radius 3 is 2.04 bits per heavy atom. The first kappa shape index (κ1) is 20.9. The van der Waals surface area contributed by atoms with Crippen LogP contribution in [0.2, 0.25) is 18.1 Å². The molecule has 1 rings (SSSR count). The van der Waals surface area contributed by atoms with Crippen LogP contribution in [0.4, 0.5) is 0 Å². The fourth-order valence-corrected chi connectivity index (χ4v) is 3.17. The minimum atomic E-state index is -4.90. The van der Waals surface area contributed by atoms with Crippen molar-refractivity contribution in [3.8, 4) is 0 Å². The largest absolute Gasteiger partial charge is 0.414 e. The van der Waals surface area contributed by atoms with Gasteiger partial charge >= 0.3 is 10.4 Å². The van der Waals surface area contributed by atoms with Crippen LogP contribution < -0.4 is 0 Å². The average molecular weight is 374 g/mol. The highest BCUT2D eigenvalue weighted by molar-refractivity contribution is 7.80. The molecule has 0 aromatic heterocycles. The highest BCUT2D eigenvalue weighted by Gasteiger charge is 2.47. The predicted octanol–water partition coefficient (Wildman–Crippen LogP) is -0.365. The SMILES string of the molecule is CC(C)(C)[Si](C)(C)OC[C@H]1O[C@H](OS(=O)(=O)O)[C@H](O)[C@@H](O)[C@@H]1O. The molecule has 0 bridgehead atoms. The molecule has 0 unspecified atom stereocenters. The Labute approximate surface area is 137 Å². The first-order chi connectivity index (χ1) is 10.2. The van der Waals surface area contributed by atoms with E-state index in [4.69, 9.17) is 13.7 Å². The van der Waals surface area contributed by atoms with Crippen LogP contribution in [0.25, 0.3) is 0 Å². The van der Waals surface area contributed by atoms with Crippen LogP contribution in [-0.2, 0) is 23.7 Å². The van der Waals surface area contributed by atoms with Crippen LogP contribution in [0.3, 0.4) is 0 Å². The normalized spacial score (nSPS) is 33.7. The number of aliphatic hydroxyl groups is 3. The molecular formula is C12H26O9SSi. The Morgan fingerprint density at radius 1 is 1.09 bits per heavy atom. The summed E-state index contributed by atoms with van der Waals surface area (Å²) in [6.45, 7) is 9.87. The third-order valence-corrected chi connectivity index (χ3v) is 9.23. The van der Waals surface area contributed by atoms with Gasteiger partial charge in [-0.2, -0.15) is 8.42 Å². The maximum atomic E-state index is 10.8. The van der Waals surface area contributed by atoms with Gasteiger partial charge in [-0.3, -0.25) is 4.55 Å². The van der Waals surface area contributed by atoms with Crippen LogP contribution in [-0.4, -0.2) is 73.9 Å². The summed E-state index contributed by atoms with van der Waals surface area (Å²) in [6.07, 6.45) is -7.98. The average Bonchev–Trinajstić information content (AvgIpc) is 2.35. The van der Waals surface area contributed by atoms with E-state index in [0.717, 1.165) is 0 Å². The van der Waals surface area contributed by atoms with Gasteiger partial charge in [0.1, 0.15) is 24.4 Å². The van der Waals surface area contributed by atoms with Crippen LogP contribution in [0.1, 0.15) is 20.8 Å². The van der Waals surface area contributed by atoms with E-state index >= 15 is 0 Å². The molecule has 1 saturated heterocycles. The van der Waals surface area contributed by atoms with Crippen molar-refractivity contribution in [2.75, 3.05) is 6.61 Å². The van der Waals surface area contributed by atoms with Gasteiger partial charge in [-0.25, -0.2) is 4.18 Å². The lowest BCUT2D eigenvalue weighted by atomic mass is 9.99. The molecule has 1 aliphatic heterocycles. The molecule has 0 aromatic rings. The van der Waals surface area contributed by atoms with Crippen molar-refractivity contribution in [1.82, 2.24) is 0 Å². The third-order valence-electron chi connectivity index (χ3n) is 4.30. The van der Waals surface area contributed by atoms with Gasteiger partial charge in [-0.15, -0.1) is 0 Å². The molecular weight excluding hydrogens is 348 g/mol. The third kappa shape index (κ3) is 5.44. The zero-order valence-electron chi connectivity index (χ0n) is 13.8. The standard InChI is InChI=1S/C12H26O9SSi/c1-12(2,3)23(4,5)19-6-7-8(13)9(14)10(15)11(20-7)21-22(16,17)18/h7-11,13-15H,6H2,1-5H3,(H,16,17,18)/t7-,8-,9+,10-,11-/m1/s1. The summed E-state index contributed by atoms with van der Waals surface area (Å²) in [5.74, 6) is 0. The molecule has 11 heteroatoms. The number of aliphatic hydroxyl groups excluding tert-OH is 3. The number of ether oxygens (including phenoxy) is 1. The molecule has 9 nitrogen and oxygen atoms in total. The number of hydrogen-bond acceptors (Lipinski definition) is 8. The topological polar surface area (TPSA) is 143 Å². The number of rotatable bonds is 5. The Morgan fingerprint density at radius 2 is 1.61 bits per heavy atom. The summed E-state index contributed by atoms with van der Waals surface area (Å²) in [7, 11) is -7.07. The van der Waals surface area contributed by atoms with Crippen LogP contribution in [0.15, 0.2) is 0 Å². The summed E-state index contributed by atoms with van der Waals surface area (Å²) >= 11 is 0. The highest BCUT2D eigenvalue weighted by Crippen LogP contribution is 2.37. The van der Waals surface area contributed by atoms with Crippen molar-refractivity contribution in [2.24, 2.45) is 0 Å². The fourth-order valence-electron chi connectivity index (χ4n) is 1.76. The van der Waals surface area contributed by atoms with E-state index in [9.17, 15) is 23.7 Å². The quantitative estimate of drug-likeness (QED) is 0.374. The Hall–Kier alpha value is -0.113. The van der Waals surface area contributed by atoms with Crippen molar-refractivity contribution >= 4 is 18.7 Å². The maximum Gasteiger partial charge on any atom is 0.399 e. The van der Waals surface area contributed by atoms with Gasteiger partial charge in [0.25, 0.3) is 0 Å². The van der Waals surface area contributed by atoms with Crippen molar-refractivity contribution in [3.05, 3.63) is 0 Å². The van der Waals surface area contributed by atoms with Gasteiger partial charge in [0.15, 0.2) is 8.32 Å². The van der Waals surface area contributed by atoms with Crippen molar-refractivity contribution in [2.45, 2.75) is 69.6 Å². The van der Waals surface area contributed by atoms with Crippen molar-refractivity contribution < 1.29 is 41.6 Å². The summed E-state index contributed by atoms with van der Waals surface area (Å²) in [6, 6.07) is 0. The first-order valence-electron chi connectivity index (χ1n) is 7.15. The second-order valence-electron chi connectivity index (χ2n) is 7.11. The fraction of sp³-hybridized carbons (Fsp3) is 1.00. The molecule has 0 amide bonds. The second-order valence-corrected chi connectivity index (χ2v) is 13.0. The summed E-state index contributed by atoms with van der Waals surface area (Å²) in [4.78, 5) is 0. The lowest BCUT2D eigenvalue weighted by molar-refractivity contribution is -0.276. The van der Waals surface area contributed by atoms with E-state index in [1.807, 2.05) is 33.9 Å². The molecule has 1 aliphatic rings. The lowest BCUT2D eigenvalue weighted by Gasteiger charge is -2.42. The van der Waals surface area contributed by atoms with Gasteiger partial charge in [0, 0.05) is 0 Å². The minimum Gasteiger partial charge on any atom is -0.414 e. The van der Waals surface area contributed by atoms with Gasteiger partial charge < -0.3 is 24.5 Å². The van der Waals surface area contributed by atoms with Gasteiger partial charge in [0.05, 0.1) is 6.61 Å². The zero-order valence-corrected chi connectivity index (χ0v) is 15.6. The molecule has 1 fully saturated rings. The maximum absolute atomic E-state index is 10.8. The molecule has 0 saturated carbocycles. The molecule has 23 heavy (non-hydrogen) atoms. The molecule has 1 heterocycles. The Bertz CT molecular complexity index is 501. The van der Waals surface area contributed by atoms with E-state index in [1.54, 1.807) is 0 Å².